The fourth-order valence-corrected chi connectivity index (χ4v) is 2.89. The van der Waals surface area contributed by atoms with Crippen LogP contribution >= 0.6 is 11.6 Å². The summed E-state index contributed by atoms with van der Waals surface area (Å²) < 4.78 is 0. The van der Waals surface area contributed by atoms with Gasteiger partial charge in [-0.25, -0.2) is 4.98 Å². The van der Waals surface area contributed by atoms with Crippen LogP contribution in [0.5, 0.6) is 0 Å². The lowest BCUT2D eigenvalue weighted by atomic mass is 10.1. The maximum Gasteiger partial charge on any atom is 0.225 e. The van der Waals surface area contributed by atoms with Gasteiger partial charge in [-0.1, -0.05) is 43.6 Å². The van der Waals surface area contributed by atoms with Gasteiger partial charge in [0.15, 0.2) is 0 Å². The summed E-state index contributed by atoms with van der Waals surface area (Å²) in [5.74, 6) is 1.35. The van der Waals surface area contributed by atoms with E-state index in [1.165, 1.54) is 0 Å². The number of aromatic nitrogens is 3. The number of nitrogens with zero attached hydrogens (tertiary/aromatic N) is 3. The second kappa shape index (κ2) is 9.48. The molecule has 0 fully saturated rings. The van der Waals surface area contributed by atoms with Gasteiger partial charge in [-0.3, -0.25) is 4.98 Å². The van der Waals surface area contributed by atoms with Gasteiger partial charge in [0.2, 0.25) is 5.95 Å². The molecule has 7 heteroatoms. The highest BCUT2D eigenvalue weighted by Gasteiger charge is 2.15. The van der Waals surface area contributed by atoms with Crippen LogP contribution in [-0.2, 0) is 6.54 Å². The van der Waals surface area contributed by atoms with Gasteiger partial charge in [-0.15, -0.1) is 0 Å². The van der Waals surface area contributed by atoms with Crippen LogP contribution in [0, 0.1) is 5.92 Å². The number of rotatable bonds is 8. The number of halogens is 1. The number of hydrogen-bond acceptors (Lipinski definition) is 6. The van der Waals surface area contributed by atoms with Crippen LogP contribution < -0.4 is 10.6 Å². The third kappa shape index (κ3) is 5.41. The monoisotopic (exact) mass is 397 g/mol. The Hall–Kier alpha value is -2.70. The molecule has 28 heavy (non-hydrogen) atoms. The van der Waals surface area contributed by atoms with E-state index in [0.717, 1.165) is 11.3 Å². The number of benzene rings is 1. The van der Waals surface area contributed by atoms with Gasteiger partial charge in [0.05, 0.1) is 24.0 Å². The first-order valence-corrected chi connectivity index (χ1v) is 9.59. The zero-order chi connectivity index (χ0) is 19.9. The Morgan fingerprint density at radius 3 is 2.57 bits per heavy atom. The molecule has 0 saturated heterocycles. The third-order valence-electron chi connectivity index (χ3n) is 4.33. The number of pyridine rings is 1. The quantitative estimate of drug-likeness (QED) is 0.527. The SMILES string of the molecule is CC(C)[C@H](CO)Nc1nc(NCc2cccc(Cl)c2)cc(-c2ccccn2)n1. The molecule has 3 N–H and O–H groups in total. The van der Waals surface area contributed by atoms with Crippen LogP contribution in [0.15, 0.2) is 54.7 Å². The summed E-state index contributed by atoms with van der Waals surface area (Å²) in [7, 11) is 0. The molecule has 0 bridgehead atoms. The number of aliphatic hydroxyl groups excluding tert-OH is 1. The molecule has 2 heterocycles. The van der Waals surface area contributed by atoms with Crippen LogP contribution in [0.4, 0.5) is 11.8 Å². The summed E-state index contributed by atoms with van der Waals surface area (Å²) in [5, 5.41) is 16.9. The van der Waals surface area contributed by atoms with Gasteiger partial charge in [-0.2, -0.15) is 4.98 Å². The summed E-state index contributed by atoms with van der Waals surface area (Å²) in [6, 6.07) is 15.1. The van der Waals surface area contributed by atoms with E-state index in [4.69, 9.17) is 11.6 Å². The van der Waals surface area contributed by atoms with Crippen molar-refractivity contribution in [2.24, 2.45) is 5.92 Å². The average Bonchev–Trinajstić information content (AvgIpc) is 2.71. The first-order chi connectivity index (χ1) is 13.5. The molecular weight excluding hydrogens is 374 g/mol. The highest BCUT2D eigenvalue weighted by Crippen LogP contribution is 2.21. The predicted molar refractivity (Wildman–Crippen MR) is 113 cm³/mol. The Morgan fingerprint density at radius 1 is 1.04 bits per heavy atom. The van der Waals surface area contributed by atoms with Crippen molar-refractivity contribution < 1.29 is 5.11 Å². The summed E-state index contributed by atoms with van der Waals surface area (Å²) in [4.78, 5) is 13.5. The smallest absolute Gasteiger partial charge is 0.225 e. The molecule has 146 valence electrons. The minimum absolute atomic E-state index is 0.000117. The second-order valence-electron chi connectivity index (χ2n) is 6.84. The molecular formula is C21H24ClN5O. The maximum atomic E-state index is 9.63. The Morgan fingerprint density at radius 2 is 1.89 bits per heavy atom. The summed E-state index contributed by atoms with van der Waals surface area (Å²) in [5.41, 5.74) is 2.51. The fraction of sp³-hybridized carbons (Fsp3) is 0.286. The van der Waals surface area contributed by atoms with Crippen molar-refractivity contribution in [3.8, 4) is 11.4 Å². The van der Waals surface area contributed by atoms with Crippen molar-refractivity contribution in [3.63, 3.8) is 0 Å². The fourth-order valence-electron chi connectivity index (χ4n) is 2.68. The highest BCUT2D eigenvalue weighted by atomic mass is 35.5. The molecule has 3 aromatic rings. The van der Waals surface area contributed by atoms with Gasteiger partial charge in [0.25, 0.3) is 0 Å². The Kier molecular flexibility index (Phi) is 6.79. The molecule has 1 atom stereocenters. The average molecular weight is 398 g/mol. The molecule has 0 unspecified atom stereocenters. The second-order valence-corrected chi connectivity index (χ2v) is 7.27. The number of aliphatic hydroxyl groups is 1. The van der Waals surface area contributed by atoms with Crippen molar-refractivity contribution >= 4 is 23.4 Å². The van der Waals surface area contributed by atoms with E-state index in [1.54, 1.807) is 6.20 Å². The number of hydrogen-bond donors (Lipinski definition) is 3. The molecule has 6 nitrogen and oxygen atoms in total. The van der Waals surface area contributed by atoms with E-state index in [9.17, 15) is 5.11 Å². The lowest BCUT2D eigenvalue weighted by Crippen LogP contribution is -2.30. The first kappa shape index (κ1) is 20.0. The van der Waals surface area contributed by atoms with E-state index in [2.05, 4.69) is 25.6 Å². The number of nitrogens with one attached hydrogen (secondary N) is 2. The van der Waals surface area contributed by atoms with Crippen molar-refractivity contribution in [2.45, 2.75) is 26.4 Å². The minimum atomic E-state index is -0.139. The van der Waals surface area contributed by atoms with Crippen LogP contribution in [0.3, 0.4) is 0 Å². The summed E-state index contributed by atoms with van der Waals surface area (Å²) in [6.45, 7) is 4.65. The normalized spacial score (nSPS) is 12.0. The van der Waals surface area contributed by atoms with Gasteiger partial charge in [0, 0.05) is 23.8 Å². The molecule has 3 rings (SSSR count). The largest absolute Gasteiger partial charge is 0.394 e. The Labute approximate surface area is 170 Å². The van der Waals surface area contributed by atoms with E-state index in [-0.39, 0.29) is 18.6 Å². The van der Waals surface area contributed by atoms with Crippen molar-refractivity contribution in [1.29, 1.82) is 0 Å². The molecule has 0 saturated carbocycles. The van der Waals surface area contributed by atoms with Crippen LogP contribution in [0.25, 0.3) is 11.4 Å². The lowest BCUT2D eigenvalue weighted by molar-refractivity contribution is 0.248. The third-order valence-corrected chi connectivity index (χ3v) is 4.57. The van der Waals surface area contributed by atoms with E-state index in [1.807, 2.05) is 62.4 Å². The standard InChI is InChI=1S/C21H24ClN5O/c1-14(2)19(13-28)26-21-25-18(17-8-3-4-9-23-17)11-20(27-21)24-12-15-6-5-7-16(22)10-15/h3-11,14,19,28H,12-13H2,1-2H3,(H2,24,25,26,27)/t19-/m0/s1. The molecule has 0 aliphatic rings. The van der Waals surface area contributed by atoms with Gasteiger partial charge >= 0.3 is 0 Å². The minimum Gasteiger partial charge on any atom is -0.394 e. The number of anilines is 2. The molecule has 2 aromatic heterocycles. The molecule has 0 radical (unpaired) electrons. The molecule has 0 amide bonds. The molecule has 0 aliphatic heterocycles. The molecule has 1 aromatic carbocycles. The molecule has 0 spiro atoms. The predicted octanol–water partition coefficient (Wildman–Crippen LogP) is 4.23. The van der Waals surface area contributed by atoms with E-state index < -0.39 is 0 Å². The zero-order valence-electron chi connectivity index (χ0n) is 15.9. The van der Waals surface area contributed by atoms with Crippen molar-refractivity contribution in [1.82, 2.24) is 15.0 Å². The van der Waals surface area contributed by atoms with Crippen LogP contribution in [-0.4, -0.2) is 32.7 Å². The van der Waals surface area contributed by atoms with Crippen LogP contribution in [0.1, 0.15) is 19.4 Å². The van der Waals surface area contributed by atoms with Gasteiger partial charge in [0.1, 0.15) is 5.82 Å². The Bertz CT molecular complexity index is 904. The van der Waals surface area contributed by atoms with E-state index in [0.29, 0.717) is 29.0 Å². The van der Waals surface area contributed by atoms with Gasteiger partial charge < -0.3 is 15.7 Å². The van der Waals surface area contributed by atoms with Crippen molar-refractivity contribution in [3.05, 3.63) is 65.3 Å². The first-order valence-electron chi connectivity index (χ1n) is 9.21. The Balaban J connectivity index is 1.88. The maximum absolute atomic E-state index is 9.63. The topological polar surface area (TPSA) is 83.0 Å². The van der Waals surface area contributed by atoms with Crippen molar-refractivity contribution in [2.75, 3.05) is 17.2 Å². The van der Waals surface area contributed by atoms with Crippen LogP contribution in [0.2, 0.25) is 5.02 Å². The lowest BCUT2D eigenvalue weighted by Gasteiger charge is -2.20. The van der Waals surface area contributed by atoms with E-state index >= 15 is 0 Å². The zero-order valence-corrected chi connectivity index (χ0v) is 16.7. The highest BCUT2D eigenvalue weighted by molar-refractivity contribution is 6.30. The molecule has 0 aliphatic carbocycles. The summed E-state index contributed by atoms with van der Waals surface area (Å²) in [6.07, 6.45) is 1.73. The van der Waals surface area contributed by atoms with Gasteiger partial charge in [-0.05, 0) is 35.7 Å². The summed E-state index contributed by atoms with van der Waals surface area (Å²) >= 11 is 6.06.